The second-order valence-electron chi connectivity index (χ2n) is 3.86. The third-order valence-electron chi connectivity index (χ3n) is 2.52. The molecule has 0 spiro atoms. The minimum absolute atomic E-state index is 0.0733. The SMILES string of the molecule is CNc1c(CSc2nc(C)co2)cccc1[N+](=O)[O-]. The van der Waals surface area contributed by atoms with Crippen molar-refractivity contribution in [3.8, 4) is 0 Å². The zero-order valence-corrected chi connectivity index (χ0v) is 11.4. The molecule has 100 valence electrons. The minimum Gasteiger partial charge on any atom is -0.440 e. The molecule has 0 bridgehead atoms. The number of rotatable bonds is 5. The van der Waals surface area contributed by atoms with Gasteiger partial charge in [-0.15, -0.1) is 0 Å². The fourth-order valence-corrected chi connectivity index (χ4v) is 2.53. The van der Waals surface area contributed by atoms with Crippen LogP contribution < -0.4 is 5.32 Å². The average molecular weight is 279 g/mol. The quantitative estimate of drug-likeness (QED) is 0.514. The Morgan fingerprint density at radius 1 is 1.53 bits per heavy atom. The van der Waals surface area contributed by atoms with Crippen LogP contribution in [0.4, 0.5) is 11.4 Å². The molecular weight excluding hydrogens is 266 g/mol. The Kier molecular flexibility index (Phi) is 4.06. The molecule has 2 rings (SSSR count). The number of thioether (sulfide) groups is 1. The number of nitrogens with one attached hydrogen (secondary N) is 1. The highest BCUT2D eigenvalue weighted by atomic mass is 32.2. The summed E-state index contributed by atoms with van der Waals surface area (Å²) in [4.78, 5) is 14.7. The summed E-state index contributed by atoms with van der Waals surface area (Å²) < 4.78 is 5.23. The molecule has 1 N–H and O–H groups in total. The summed E-state index contributed by atoms with van der Waals surface area (Å²) in [5.74, 6) is 0.553. The standard InChI is InChI=1S/C12H13N3O3S/c1-8-6-18-12(14-8)19-7-9-4-3-5-10(15(16)17)11(9)13-2/h3-6,13H,7H2,1-2H3. The van der Waals surface area contributed by atoms with E-state index in [0.717, 1.165) is 11.3 Å². The molecule has 6 nitrogen and oxygen atoms in total. The molecule has 0 unspecified atom stereocenters. The molecule has 0 atom stereocenters. The molecule has 0 saturated heterocycles. The number of nitrogens with zero attached hydrogens (tertiary/aromatic N) is 2. The molecule has 7 heteroatoms. The van der Waals surface area contributed by atoms with Gasteiger partial charge in [0.1, 0.15) is 12.0 Å². The fraction of sp³-hybridized carbons (Fsp3) is 0.250. The number of hydrogen-bond donors (Lipinski definition) is 1. The van der Waals surface area contributed by atoms with Crippen molar-refractivity contribution in [3.63, 3.8) is 0 Å². The topological polar surface area (TPSA) is 81.2 Å². The smallest absolute Gasteiger partial charge is 0.292 e. The number of oxazole rings is 1. The van der Waals surface area contributed by atoms with Crippen LogP contribution in [-0.2, 0) is 5.75 Å². The van der Waals surface area contributed by atoms with Crippen LogP contribution in [0.3, 0.4) is 0 Å². The average Bonchev–Trinajstić information content (AvgIpc) is 2.81. The Hall–Kier alpha value is -2.02. The first-order chi connectivity index (χ1) is 9.11. The highest BCUT2D eigenvalue weighted by Crippen LogP contribution is 2.32. The molecule has 1 heterocycles. The van der Waals surface area contributed by atoms with Gasteiger partial charge in [0.25, 0.3) is 10.9 Å². The lowest BCUT2D eigenvalue weighted by atomic mass is 10.1. The van der Waals surface area contributed by atoms with E-state index in [1.165, 1.54) is 17.8 Å². The molecule has 0 saturated carbocycles. The monoisotopic (exact) mass is 279 g/mol. The lowest BCUT2D eigenvalue weighted by Crippen LogP contribution is -2.00. The van der Waals surface area contributed by atoms with Crippen LogP contribution in [0.15, 0.2) is 34.1 Å². The second-order valence-corrected chi connectivity index (χ2v) is 4.79. The normalized spacial score (nSPS) is 10.4. The van der Waals surface area contributed by atoms with E-state index in [1.54, 1.807) is 19.4 Å². The van der Waals surface area contributed by atoms with E-state index in [1.807, 2.05) is 13.0 Å². The Labute approximate surface area is 114 Å². The van der Waals surface area contributed by atoms with Crippen LogP contribution in [-0.4, -0.2) is 17.0 Å². The summed E-state index contributed by atoms with van der Waals surface area (Å²) in [5.41, 5.74) is 2.26. The molecule has 2 aromatic rings. The van der Waals surface area contributed by atoms with E-state index in [2.05, 4.69) is 10.3 Å². The van der Waals surface area contributed by atoms with Gasteiger partial charge in [0.15, 0.2) is 0 Å². The number of nitro groups is 1. The summed E-state index contributed by atoms with van der Waals surface area (Å²) in [7, 11) is 1.67. The van der Waals surface area contributed by atoms with Crippen molar-refractivity contribution in [2.45, 2.75) is 17.9 Å². The largest absolute Gasteiger partial charge is 0.440 e. The Morgan fingerprint density at radius 2 is 2.32 bits per heavy atom. The summed E-state index contributed by atoms with van der Waals surface area (Å²) in [6, 6.07) is 5.01. The van der Waals surface area contributed by atoms with Gasteiger partial charge in [0.05, 0.1) is 10.6 Å². The van der Waals surface area contributed by atoms with Gasteiger partial charge < -0.3 is 9.73 Å². The van der Waals surface area contributed by atoms with Crippen molar-refractivity contribution in [1.82, 2.24) is 4.98 Å². The van der Waals surface area contributed by atoms with Crippen LogP contribution in [0.5, 0.6) is 0 Å². The van der Waals surface area contributed by atoms with E-state index in [0.29, 0.717) is 16.7 Å². The summed E-state index contributed by atoms with van der Waals surface area (Å²) in [6.07, 6.45) is 1.58. The van der Waals surface area contributed by atoms with E-state index in [9.17, 15) is 10.1 Å². The predicted octanol–water partition coefficient (Wildman–Crippen LogP) is 3.23. The Bertz CT molecular complexity index is 598. The number of anilines is 1. The first-order valence-electron chi connectivity index (χ1n) is 5.60. The van der Waals surface area contributed by atoms with E-state index in [-0.39, 0.29) is 5.69 Å². The van der Waals surface area contributed by atoms with Gasteiger partial charge in [-0.2, -0.15) is 0 Å². The van der Waals surface area contributed by atoms with E-state index >= 15 is 0 Å². The maximum absolute atomic E-state index is 10.9. The lowest BCUT2D eigenvalue weighted by Gasteiger charge is -2.08. The van der Waals surface area contributed by atoms with Crippen molar-refractivity contribution in [1.29, 1.82) is 0 Å². The summed E-state index contributed by atoms with van der Waals surface area (Å²) in [6.45, 7) is 1.85. The maximum atomic E-state index is 10.9. The van der Waals surface area contributed by atoms with Crippen LogP contribution in [0.2, 0.25) is 0 Å². The summed E-state index contributed by atoms with van der Waals surface area (Å²) in [5, 5.41) is 14.4. The highest BCUT2D eigenvalue weighted by Gasteiger charge is 2.16. The number of nitro benzene ring substituents is 1. The lowest BCUT2D eigenvalue weighted by molar-refractivity contribution is -0.384. The van der Waals surface area contributed by atoms with E-state index < -0.39 is 4.92 Å². The van der Waals surface area contributed by atoms with Gasteiger partial charge >= 0.3 is 0 Å². The second kappa shape index (κ2) is 5.75. The maximum Gasteiger partial charge on any atom is 0.292 e. The molecule has 19 heavy (non-hydrogen) atoms. The van der Waals surface area contributed by atoms with Crippen LogP contribution in [0.1, 0.15) is 11.3 Å². The van der Waals surface area contributed by atoms with Crippen molar-refractivity contribution in [3.05, 3.63) is 45.8 Å². The molecule has 0 aliphatic rings. The fourth-order valence-electron chi connectivity index (χ4n) is 1.69. The summed E-state index contributed by atoms with van der Waals surface area (Å²) >= 11 is 1.40. The highest BCUT2D eigenvalue weighted by molar-refractivity contribution is 7.98. The number of aryl methyl sites for hydroxylation is 1. The van der Waals surface area contributed by atoms with Crippen molar-refractivity contribution >= 4 is 23.1 Å². The van der Waals surface area contributed by atoms with Gasteiger partial charge in [-0.25, -0.2) is 4.98 Å². The Morgan fingerprint density at radius 3 is 2.89 bits per heavy atom. The number of hydrogen-bond acceptors (Lipinski definition) is 6. The molecule has 0 amide bonds. The van der Waals surface area contributed by atoms with Crippen molar-refractivity contribution in [2.75, 3.05) is 12.4 Å². The molecule has 0 fully saturated rings. The minimum atomic E-state index is -0.394. The molecule has 1 aromatic carbocycles. The van der Waals surface area contributed by atoms with Crippen LogP contribution >= 0.6 is 11.8 Å². The third kappa shape index (κ3) is 3.05. The number of benzene rings is 1. The molecule has 1 aromatic heterocycles. The number of aromatic nitrogens is 1. The van der Waals surface area contributed by atoms with Crippen LogP contribution in [0.25, 0.3) is 0 Å². The molecule has 0 aliphatic carbocycles. The predicted molar refractivity (Wildman–Crippen MR) is 73.4 cm³/mol. The van der Waals surface area contributed by atoms with Crippen LogP contribution in [0, 0.1) is 17.0 Å². The first-order valence-corrected chi connectivity index (χ1v) is 6.59. The molecule has 0 aliphatic heterocycles. The van der Waals surface area contributed by atoms with Crippen molar-refractivity contribution < 1.29 is 9.34 Å². The first kappa shape index (κ1) is 13.4. The molecule has 0 radical (unpaired) electrons. The Balaban J connectivity index is 2.20. The van der Waals surface area contributed by atoms with Gasteiger partial charge in [0, 0.05) is 18.9 Å². The van der Waals surface area contributed by atoms with E-state index in [4.69, 9.17) is 4.42 Å². The van der Waals surface area contributed by atoms with Gasteiger partial charge in [-0.1, -0.05) is 23.9 Å². The third-order valence-corrected chi connectivity index (χ3v) is 3.41. The molecular formula is C12H13N3O3S. The van der Waals surface area contributed by atoms with Gasteiger partial charge in [0.2, 0.25) is 0 Å². The van der Waals surface area contributed by atoms with Gasteiger partial charge in [-0.3, -0.25) is 10.1 Å². The number of para-hydroxylation sites is 1. The van der Waals surface area contributed by atoms with Gasteiger partial charge in [-0.05, 0) is 12.5 Å². The zero-order chi connectivity index (χ0) is 13.8. The zero-order valence-electron chi connectivity index (χ0n) is 10.5. The van der Waals surface area contributed by atoms with Crippen molar-refractivity contribution in [2.24, 2.45) is 0 Å².